The predicted octanol–water partition coefficient (Wildman–Crippen LogP) is 1.36. The number of aliphatic carboxylic acids is 1. The first-order valence-corrected chi connectivity index (χ1v) is 7.94. The fourth-order valence-corrected chi connectivity index (χ4v) is 2.74. The van der Waals surface area contributed by atoms with Crippen LogP contribution in [0.4, 0.5) is 0 Å². The normalized spacial score (nSPS) is 11.5. The van der Waals surface area contributed by atoms with Crippen molar-refractivity contribution in [1.29, 1.82) is 0 Å². The van der Waals surface area contributed by atoms with E-state index in [4.69, 9.17) is 9.47 Å². The number of aryl methyl sites for hydroxylation is 1. The zero-order valence-corrected chi connectivity index (χ0v) is 14.5. The molecule has 2 heterocycles. The predicted molar refractivity (Wildman–Crippen MR) is 90.3 cm³/mol. The van der Waals surface area contributed by atoms with Crippen molar-refractivity contribution < 1.29 is 19.4 Å². The molecule has 0 aromatic carbocycles. The second-order valence-electron chi connectivity index (χ2n) is 5.70. The number of ether oxygens (including phenoxy) is 2. The molecule has 0 saturated carbocycles. The lowest BCUT2D eigenvalue weighted by molar-refractivity contribution is -0.136. The van der Waals surface area contributed by atoms with Crippen LogP contribution in [-0.4, -0.2) is 65.9 Å². The van der Waals surface area contributed by atoms with Gasteiger partial charge in [-0.05, 0) is 19.1 Å². The van der Waals surface area contributed by atoms with Gasteiger partial charge in [0.15, 0.2) is 0 Å². The monoisotopic (exact) mass is 335 g/mol. The first kappa shape index (κ1) is 18.4. The molecule has 0 amide bonds. The van der Waals surface area contributed by atoms with E-state index in [1.54, 1.807) is 14.2 Å². The Bertz CT molecular complexity index is 676. The molecule has 1 N–H and O–H groups in total. The van der Waals surface area contributed by atoms with Gasteiger partial charge in [-0.15, -0.1) is 0 Å². The highest BCUT2D eigenvalue weighted by Gasteiger charge is 2.18. The number of hydrogen-bond acceptors (Lipinski definition) is 5. The van der Waals surface area contributed by atoms with Crippen LogP contribution in [0.25, 0.3) is 5.65 Å². The third-order valence-electron chi connectivity index (χ3n) is 3.93. The van der Waals surface area contributed by atoms with Gasteiger partial charge in [0, 0.05) is 39.5 Å². The summed E-state index contributed by atoms with van der Waals surface area (Å²) in [5.74, 6) is -0.877. The van der Waals surface area contributed by atoms with Gasteiger partial charge in [-0.2, -0.15) is 0 Å². The number of carbonyl (C=O) groups is 1. The maximum atomic E-state index is 11.2. The Kier molecular flexibility index (Phi) is 6.72. The molecular weight excluding hydrogens is 310 g/mol. The number of hydrogen-bond donors (Lipinski definition) is 1. The van der Waals surface area contributed by atoms with Crippen molar-refractivity contribution in [1.82, 2.24) is 14.3 Å². The van der Waals surface area contributed by atoms with Crippen molar-refractivity contribution in [3.63, 3.8) is 0 Å². The fraction of sp³-hybridized carbons (Fsp3) is 0.529. The summed E-state index contributed by atoms with van der Waals surface area (Å²) in [5.41, 5.74) is 3.33. The highest BCUT2D eigenvalue weighted by molar-refractivity contribution is 5.70. The molecule has 0 radical (unpaired) electrons. The summed E-state index contributed by atoms with van der Waals surface area (Å²) < 4.78 is 12.4. The molecule has 0 spiro atoms. The minimum Gasteiger partial charge on any atom is -0.481 e. The van der Waals surface area contributed by atoms with E-state index in [9.17, 15) is 9.90 Å². The van der Waals surface area contributed by atoms with Crippen LogP contribution in [0.1, 0.15) is 17.1 Å². The smallest absolute Gasteiger partial charge is 0.309 e. The average Bonchev–Trinajstić information content (AvgIpc) is 2.87. The van der Waals surface area contributed by atoms with Crippen LogP contribution in [-0.2, 0) is 27.2 Å². The zero-order valence-electron chi connectivity index (χ0n) is 14.5. The number of nitrogens with zero attached hydrogens (tertiary/aromatic N) is 3. The second-order valence-corrected chi connectivity index (χ2v) is 5.70. The number of aromatic nitrogens is 2. The Labute approximate surface area is 141 Å². The summed E-state index contributed by atoms with van der Waals surface area (Å²) in [6.07, 6.45) is -0.0845. The fourth-order valence-electron chi connectivity index (χ4n) is 2.74. The summed E-state index contributed by atoms with van der Waals surface area (Å²) in [6, 6.07) is 5.83. The highest BCUT2D eigenvalue weighted by atomic mass is 16.5. The molecule has 7 heteroatoms. The van der Waals surface area contributed by atoms with Crippen LogP contribution in [0.2, 0.25) is 0 Å². The summed E-state index contributed by atoms with van der Waals surface area (Å²) in [4.78, 5) is 17.9. The van der Waals surface area contributed by atoms with Gasteiger partial charge < -0.3 is 14.6 Å². The van der Waals surface area contributed by atoms with Crippen LogP contribution in [0.5, 0.6) is 0 Å². The molecular formula is C17H25N3O4. The number of methoxy groups -OCH3 is 2. The second kappa shape index (κ2) is 8.77. The van der Waals surface area contributed by atoms with Gasteiger partial charge in [0.05, 0.1) is 31.0 Å². The van der Waals surface area contributed by atoms with Crippen molar-refractivity contribution in [2.75, 3.05) is 40.5 Å². The maximum Gasteiger partial charge on any atom is 0.309 e. The van der Waals surface area contributed by atoms with Gasteiger partial charge in [0.2, 0.25) is 0 Å². The lowest BCUT2D eigenvalue weighted by atomic mass is 10.2. The largest absolute Gasteiger partial charge is 0.481 e. The van der Waals surface area contributed by atoms with E-state index >= 15 is 0 Å². The molecule has 7 nitrogen and oxygen atoms in total. The van der Waals surface area contributed by atoms with Crippen LogP contribution in [0.3, 0.4) is 0 Å². The van der Waals surface area contributed by atoms with E-state index in [0.29, 0.717) is 25.5 Å². The number of pyridine rings is 1. The van der Waals surface area contributed by atoms with Gasteiger partial charge in [-0.25, -0.2) is 4.98 Å². The van der Waals surface area contributed by atoms with Crippen LogP contribution < -0.4 is 0 Å². The van der Waals surface area contributed by atoms with Crippen LogP contribution >= 0.6 is 0 Å². The molecule has 0 bridgehead atoms. The Balaban J connectivity index is 2.37. The van der Waals surface area contributed by atoms with Crippen molar-refractivity contribution in [3.05, 3.63) is 35.3 Å². The van der Waals surface area contributed by atoms with Crippen LogP contribution in [0.15, 0.2) is 18.2 Å². The zero-order chi connectivity index (χ0) is 17.5. The minimum atomic E-state index is -0.877. The van der Waals surface area contributed by atoms with Crippen LogP contribution in [0, 0.1) is 6.92 Å². The van der Waals surface area contributed by atoms with E-state index in [1.807, 2.05) is 29.5 Å². The first-order valence-electron chi connectivity index (χ1n) is 7.94. The van der Waals surface area contributed by atoms with E-state index in [2.05, 4.69) is 9.88 Å². The number of rotatable bonds is 10. The lowest BCUT2D eigenvalue weighted by Crippen LogP contribution is -2.31. The lowest BCUT2D eigenvalue weighted by Gasteiger charge is -2.22. The molecule has 0 saturated heterocycles. The molecule has 0 aliphatic rings. The van der Waals surface area contributed by atoms with Gasteiger partial charge in [0.25, 0.3) is 0 Å². The van der Waals surface area contributed by atoms with Gasteiger partial charge in [-0.3, -0.25) is 14.1 Å². The molecule has 132 valence electrons. The molecule has 0 atom stereocenters. The Morgan fingerprint density at radius 1 is 1.25 bits per heavy atom. The van der Waals surface area contributed by atoms with E-state index in [-0.39, 0.29) is 6.42 Å². The number of fused-ring (bicyclic) bond motifs is 1. The third kappa shape index (κ3) is 4.53. The Morgan fingerprint density at radius 3 is 2.50 bits per heavy atom. The molecule has 0 aliphatic heterocycles. The van der Waals surface area contributed by atoms with Gasteiger partial charge in [0.1, 0.15) is 5.65 Å². The van der Waals surface area contributed by atoms with Crippen molar-refractivity contribution in [2.24, 2.45) is 0 Å². The maximum absolute atomic E-state index is 11.2. The molecule has 0 aliphatic carbocycles. The number of carboxylic acid groups (broad SMARTS) is 1. The summed E-state index contributed by atoms with van der Waals surface area (Å²) >= 11 is 0. The number of imidazole rings is 1. The Morgan fingerprint density at radius 2 is 1.92 bits per heavy atom. The Hall–Kier alpha value is -1.96. The van der Waals surface area contributed by atoms with Gasteiger partial charge >= 0.3 is 5.97 Å². The molecule has 2 aromatic rings. The SMILES string of the molecule is COCCN(CCOC)Cc1c(CC(=O)O)nc2cccc(C)n12. The van der Waals surface area contributed by atoms with Crippen molar-refractivity contribution in [3.8, 4) is 0 Å². The standard InChI is InChI=1S/C17H25N3O4/c1-13-5-4-6-16-18-14(11-17(21)22)15(20(13)16)12-19(7-9-23-2)8-10-24-3/h4-6H,7-12H2,1-3H3,(H,21,22). The number of carboxylic acids is 1. The van der Waals surface area contributed by atoms with E-state index in [1.165, 1.54) is 0 Å². The quantitative estimate of drug-likeness (QED) is 0.707. The van der Waals surface area contributed by atoms with E-state index in [0.717, 1.165) is 30.1 Å². The van der Waals surface area contributed by atoms with Gasteiger partial charge in [-0.1, -0.05) is 6.07 Å². The summed E-state index contributed by atoms with van der Waals surface area (Å²) in [6.45, 7) is 5.29. The van der Waals surface area contributed by atoms with Crippen molar-refractivity contribution in [2.45, 2.75) is 19.9 Å². The molecule has 0 unspecified atom stereocenters. The van der Waals surface area contributed by atoms with E-state index < -0.39 is 5.97 Å². The summed E-state index contributed by atoms with van der Waals surface area (Å²) in [7, 11) is 3.34. The molecule has 0 fully saturated rings. The third-order valence-corrected chi connectivity index (χ3v) is 3.93. The van der Waals surface area contributed by atoms with Crippen molar-refractivity contribution >= 4 is 11.6 Å². The minimum absolute atomic E-state index is 0.0845. The highest BCUT2D eigenvalue weighted by Crippen LogP contribution is 2.18. The topological polar surface area (TPSA) is 76.3 Å². The average molecular weight is 335 g/mol. The summed E-state index contributed by atoms with van der Waals surface area (Å²) in [5, 5.41) is 9.20. The molecule has 2 aromatic heterocycles. The molecule has 24 heavy (non-hydrogen) atoms. The molecule has 2 rings (SSSR count). The first-order chi connectivity index (χ1) is 11.6.